The van der Waals surface area contributed by atoms with Crippen LogP contribution in [0.2, 0.25) is 0 Å². The number of unbranched alkanes of at least 4 members (excludes halogenated alkanes) is 10. The summed E-state index contributed by atoms with van der Waals surface area (Å²) < 4.78 is 4.64. The molecule has 0 fully saturated rings. The molecule has 0 heterocycles. The van der Waals surface area contributed by atoms with Gasteiger partial charge in [0.2, 0.25) is 0 Å². The van der Waals surface area contributed by atoms with Crippen LogP contribution >= 0.6 is 0 Å². The molecule has 130 valence electrons. The molecular formula is C20H38O2. The lowest BCUT2D eigenvalue weighted by atomic mass is 10.0. The number of carbonyl (C=O) groups is 1. The molecule has 2 nitrogen and oxygen atoms in total. The summed E-state index contributed by atoms with van der Waals surface area (Å²) in [5.41, 5.74) is 1.51. The topological polar surface area (TPSA) is 26.3 Å². The summed E-state index contributed by atoms with van der Waals surface area (Å²) in [5, 5.41) is 0. The fourth-order valence-corrected chi connectivity index (χ4v) is 2.68. The molecule has 0 saturated heterocycles. The predicted molar refractivity (Wildman–Crippen MR) is 96.1 cm³/mol. The summed E-state index contributed by atoms with van der Waals surface area (Å²) in [7, 11) is 1.46. The molecule has 0 aromatic heterocycles. The Morgan fingerprint density at radius 2 is 1.36 bits per heavy atom. The van der Waals surface area contributed by atoms with E-state index < -0.39 is 0 Å². The van der Waals surface area contributed by atoms with Crippen molar-refractivity contribution in [3.8, 4) is 0 Å². The van der Waals surface area contributed by atoms with Gasteiger partial charge in [0.05, 0.1) is 7.11 Å². The maximum atomic E-state index is 11.0. The Balaban J connectivity index is 3.32. The smallest absolute Gasteiger partial charge is 0.305 e. The van der Waals surface area contributed by atoms with Gasteiger partial charge in [-0.25, -0.2) is 0 Å². The Bertz CT molecular complexity index is 281. The first-order valence-electron chi connectivity index (χ1n) is 9.43. The van der Waals surface area contributed by atoms with Crippen molar-refractivity contribution >= 4 is 5.97 Å². The molecule has 0 rings (SSSR count). The lowest BCUT2D eigenvalue weighted by Gasteiger charge is -2.03. The molecule has 0 radical (unpaired) electrons. The molecule has 0 amide bonds. The van der Waals surface area contributed by atoms with E-state index in [-0.39, 0.29) is 5.97 Å². The van der Waals surface area contributed by atoms with E-state index in [9.17, 15) is 4.79 Å². The van der Waals surface area contributed by atoms with Gasteiger partial charge in [-0.15, -0.1) is 0 Å². The van der Waals surface area contributed by atoms with Crippen molar-refractivity contribution < 1.29 is 9.53 Å². The lowest BCUT2D eigenvalue weighted by Crippen LogP contribution is -1.98. The normalized spacial score (nSPS) is 11.7. The number of rotatable bonds is 15. The van der Waals surface area contributed by atoms with E-state index in [0.717, 1.165) is 19.3 Å². The predicted octanol–water partition coefficient (Wildman–Crippen LogP) is 6.59. The van der Waals surface area contributed by atoms with Crippen LogP contribution < -0.4 is 0 Å². The van der Waals surface area contributed by atoms with E-state index in [1.165, 1.54) is 76.9 Å². The fraction of sp³-hybridized carbons (Fsp3) is 0.850. The Morgan fingerprint density at radius 1 is 0.818 bits per heavy atom. The second-order valence-corrected chi connectivity index (χ2v) is 6.45. The average molecular weight is 311 g/mol. The van der Waals surface area contributed by atoms with Crippen LogP contribution in [0.3, 0.4) is 0 Å². The SMILES string of the molecule is CCCCCCCCCCCC(C)=CCCCCC(=O)OC. The van der Waals surface area contributed by atoms with Crippen LogP contribution in [0, 0.1) is 0 Å². The van der Waals surface area contributed by atoms with E-state index in [2.05, 4.69) is 24.7 Å². The van der Waals surface area contributed by atoms with Crippen LogP contribution in [0.4, 0.5) is 0 Å². The average Bonchev–Trinajstić information content (AvgIpc) is 2.52. The van der Waals surface area contributed by atoms with E-state index in [1.807, 2.05) is 0 Å². The van der Waals surface area contributed by atoms with Crippen molar-refractivity contribution in [2.45, 2.75) is 104 Å². The number of carbonyl (C=O) groups excluding carboxylic acids is 1. The van der Waals surface area contributed by atoms with Crippen molar-refractivity contribution in [1.82, 2.24) is 0 Å². The minimum Gasteiger partial charge on any atom is -0.469 e. The van der Waals surface area contributed by atoms with Crippen LogP contribution in [-0.4, -0.2) is 13.1 Å². The molecule has 0 aromatic rings. The number of esters is 1. The molecule has 0 aromatic carbocycles. The van der Waals surface area contributed by atoms with Crippen molar-refractivity contribution in [2.75, 3.05) is 7.11 Å². The Hall–Kier alpha value is -0.790. The van der Waals surface area contributed by atoms with E-state index in [0.29, 0.717) is 6.42 Å². The molecule has 0 aliphatic heterocycles. The van der Waals surface area contributed by atoms with Gasteiger partial charge in [-0.05, 0) is 39.0 Å². The van der Waals surface area contributed by atoms with Gasteiger partial charge < -0.3 is 4.74 Å². The van der Waals surface area contributed by atoms with Crippen LogP contribution in [0.15, 0.2) is 11.6 Å². The first-order chi connectivity index (χ1) is 10.7. The summed E-state index contributed by atoms with van der Waals surface area (Å²) in [4.78, 5) is 11.0. The highest BCUT2D eigenvalue weighted by Gasteiger charge is 1.98. The number of hydrogen-bond donors (Lipinski definition) is 0. The zero-order valence-corrected chi connectivity index (χ0v) is 15.3. The lowest BCUT2D eigenvalue weighted by molar-refractivity contribution is -0.140. The van der Waals surface area contributed by atoms with Gasteiger partial charge in [0.1, 0.15) is 0 Å². The summed E-state index contributed by atoms with van der Waals surface area (Å²) in [6.07, 6.45) is 19.8. The highest BCUT2D eigenvalue weighted by molar-refractivity contribution is 5.68. The number of methoxy groups -OCH3 is 1. The van der Waals surface area contributed by atoms with E-state index >= 15 is 0 Å². The number of ether oxygens (including phenoxy) is 1. The Kier molecular flexibility index (Phi) is 16.0. The molecule has 22 heavy (non-hydrogen) atoms. The molecule has 0 aliphatic carbocycles. The molecule has 0 atom stereocenters. The molecule has 0 saturated carbocycles. The van der Waals surface area contributed by atoms with E-state index in [4.69, 9.17) is 0 Å². The Morgan fingerprint density at radius 3 is 1.95 bits per heavy atom. The van der Waals surface area contributed by atoms with Gasteiger partial charge in [0, 0.05) is 6.42 Å². The second kappa shape index (κ2) is 16.6. The zero-order valence-electron chi connectivity index (χ0n) is 15.3. The minimum atomic E-state index is -0.0876. The van der Waals surface area contributed by atoms with Crippen LogP contribution in [-0.2, 0) is 9.53 Å². The van der Waals surface area contributed by atoms with Crippen LogP contribution in [0.5, 0.6) is 0 Å². The summed E-state index contributed by atoms with van der Waals surface area (Å²) in [6.45, 7) is 4.51. The molecule has 0 unspecified atom stereocenters. The van der Waals surface area contributed by atoms with Gasteiger partial charge in [0.15, 0.2) is 0 Å². The van der Waals surface area contributed by atoms with Gasteiger partial charge >= 0.3 is 5.97 Å². The van der Waals surface area contributed by atoms with Gasteiger partial charge in [-0.3, -0.25) is 4.79 Å². The van der Waals surface area contributed by atoms with Crippen LogP contribution in [0.1, 0.15) is 104 Å². The fourth-order valence-electron chi connectivity index (χ4n) is 2.68. The molecular weight excluding hydrogens is 272 g/mol. The molecule has 0 aliphatic rings. The van der Waals surface area contributed by atoms with Crippen molar-refractivity contribution in [2.24, 2.45) is 0 Å². The van der Waals surface area contributed by atoms with Gasteiger partial charge in [-0.1, -0.05) is 69.9 Å². The third-order valence-electron chi connectivity index (χ3n) is 4.23. The second-order valence-electron chi connectivity index (χ2n) is 6.45. The zero-order chi connectivity index (χ0) is 16.5. The standard InChI is InChI=1S/C20H38O2/c1-4-5-6-7-8-9-10-11-13-16-19(2)17-14-12-15-18-20(21)22-3/h17H,4-16,18H2,1-3H3. The maximum Gasteiger partial charge on any atom is 0.305 e. The molecule has 2 heteroatoms. The largest absolute Gasteiger partial charge is 0.469 e. The van der Waals surface area contributed by atoms with E-state index in [1.54, 1.807) is 0 Å². The number of hydrogen-bond acceptors (Lipinski definition) is 2. The minimum absolute atomic E-state index is 0.0876. The Labute approximate surface area is 138 Å². The van der Waals surface area contributed by atoms with Crippen molar-refractivity contribution in [3.05, 3.63) is 11.6 Å². The maximum absolute atomic E-state index is 11.0. The molecule has 0 bridgehead atoms. The monoisotopic (exact) mass is 310 g/mol. The third kappa shape index (κ3) is 15.6. The number of allylic oxidation sites excluding steroid dienone is 2. The van der Waals surface area contributed by atoms with Crippen molar-refractivity contribution in [1.29, 1.82) is 0 Å². The van der Waals surface area contributed by atoms with Gasteiger partial charge in [-0.2, -0.15) is 0 Å². The quantitative estimate of drug-likeness (QED) is 0.194. The first-order valence-corrected chi connectivity index (χ1v) is 9.43. The van der Waals surface area contributed by atoms with Crippen molar-refractivity contribution in [3.63, 3.8) is 0 Å². The van der Waals surface area contributed by atoms with Gasteiger partial charge in [0.25, 0.3) is 0 Å². The highest BCUT2D eigenvalue weighted by Crippen LogP contribution is 2.14. The first kappa shape index (κ1) is 21.2. The third-order valence-corrected chi connectivity index (χ3v) is 4.23. The molecule has 0 spiro atoms. The highest BCUT2D eigenvalue weighted by atomic mass is 16.5. The summed E-state index contributed by atoms with van der Waals surface area (Å²) in [6, 6.07) is 0. The molecule has 0 N–H and O–H groups in total. The summed E-state index contributed by atoms with van der Waals surface area (Å²) >= 11 is 0. The van der Waals surface area contributed by atoms with Crippen LogP contribution in [0.25, 0.3) is 0 Å². The summed E-state index contributed by atoms with van der Waals surface area (Å²) in [5.74, 6) is -0.0876.